The molecule has 0 fully saturated rings. The van der Waals surface area contributed by atoms with Crippen molar-refractivity contribution in [2.45, 2.75) is 11.8 Å². The molecule has 1 amide bonds. The Morgan fingerprint density at radius 1 is 1.22 bits per heavy atom. The standard InChI is InChI=1S/C15H9F3N2O3/c16-15(17,18)14(23)11-3-1-2-4-12(11)20(13(14)22)10-5-9(8-21)6-19-7-10/h1-8,23H. The topological polar surface area (TPSA) is 70.5 Å². The van der Waals surface area contributed by atoms with Gasteiger partial charge in [-0.05, 0) is 12.1 Å². The number of hydrogen-bond donors (Lipinski definition) is 1. The smallest absolute Gasteiger partial charge is 0.368 e. The zero-order chi connectivity index (χ0) is 16.8. The lowest BCUT2D eigenvalue weighted by Crippen LogP contribution is -2.49. The first-order valence-corrected chi connectivity index (χ1v) is 6.44. The second kappa shape index (κ2) is 4.88. The molecule has 1 N–H and O–H groups in total. The first kappa shape index (κ1) is 15.2. The summed E-state index contributed by atoms with van der Waals surface area (Å²) in [6.45, 7) is 0. The minimum absolute atomic E-state index is 0.0350. The Morgan fingerprint density at radius 2 is 1.91 bits per heavy atom. The first-order chi connectivity index (χ1) is 10.8. The fraction of sp³-hybridized carbons (Fsp3) is 0.133. The molecular formula is C15H9F3N2O3. The van der Waals surface area contributed by atoms with Crippen molar-refractivity contribution in [2.75, 3.05) is 4.90 Å². The molecule has 5 nitrogen and oxygen atoms in total. The van der Waals surface area contributed by atoms with Crippen LogP contribution in [0.25, 0.3) is 0 Å². The number of alkyl halides is 3. The molecule has 8 heteroatoms. The maximum Gasteiger partial charge on any atom is 0.430 e. The number of benzene rings is 1. The molecule has 0 spiro atoms. The molecule has 1 atom stereocenters. The van der Waals surface area contributed by atoms with E-state index in [0.29, 0.717) is 11.2 Å². The van der Waals surface area contributed by atoms with E-state index in [4.69, 9.17) is 0 Å². The van der Waals surface area contributed by atoms with Gasteiger partial charge < -0.3 is 5.11 Å². The second-order valence-electron chi connectivity index (χ2n) is 4.96. The zero-order valence-electron chi connectivity index (χ0n) is 11.4. The van der Waals surface area contributed by atoms with E-state index < -0.39 is 23.2 Å². The highest BCUT2D eigenvalue weighted by atomic mass is 19.4. The van der Waals surface area contributed by atoms with Crippen molar-refractivity contribution in [1.82, 2.24) is 4.98 Å². The van der Waals surface area contributed by atoms with E-state index in [1.54, 1.807) is 0 Å². The number of amides is 1. The monoisotopic (exact) mass is 322 g/mol. The highest BCUT2D eigenvalue weighted by molar-refractivity contribution is 6.12. The van der Waals surface area contributed by atoms with Crippen LogP contribution in [0.15, 0.2) is 42.7 Å². The third kappa shape index (κ3) is 2.02. The van der Waals surface area contributed by atoms with Gasteiger partial charge >= 0.3 is 6.18 Å². The fourth-order valence-corrected chi connectivity index (χ4v) is 2.52. The molecule has 0 radical (unpaired) electrons. The second-order valence-corrected chi connectivity index (χ2v) is 4.96. The van der Waals surface area contributed by atoms with Crippen LogP contribution in [0.1, 0.15) is 15.9 Å². The van der Waals surface area contributed by atoms with E-state index in [9.17, 15) is 27.9 Å². The predicted molar refractivity (Wildman–Crippen MR) is 73.2 cm³/mol. The number of halogens is 3. The molecule has 1 aromatic heterocycles. The summed E-state index contributed by atoms with van der Waals surface area (Å²) in [6, 6.07) is 6.28. The van der Waals surface area contributed by atoms with Crippen LogP contribution in [0.5, 0.6) is 0 Å². The normalized spacial score (nSPS) is 20.5. The molecule has 1 unspecified atom stereocenters. The lowest BCUT2D eigenvalue weighted by Gasteiger charge is -2.25. The molecule has 2 heterocycles. The minimum Gasteiger partial charge on any atom is -0.368 e. The van der Waals surface area contributed by atoms with Crippen LogP contribution in [0.4, 0.5) is 24.5 Å². The zero-order valence-corrected chi connectivity index (χ0v) is 11.4. The van der Waals surface area contributed by atoms with Crippen molar-refractivity contribution >= 4 is 23.6 Å². The molecule has 118 valence electrons. The number of carbonyl (C=O) groups excluding carboxylic acids is 2. The Balaban J connectivity index is 2.24. The lowest BCUT2D eigenvalue weighted by molar-refractivity contribution is -0.253. The van der Waals surface area contributed by atoms with Crippen LogP contribution in [0, 0.1) is 0 Å². The van der Waals surface area contributed by atoms with Gasteiger partial charge in [-0.1, -0.05) is 18.2 Å². The fourth-order valence-electron chi connectivity index (χ4n) is 2.52. The molecule has 0 aliphatic carbocycles. The molecule has 1 aliphatic rings. The SMILES string of the molecule is O=Cc1cncc(N2C(=O)C(O)(C(F)(F)F)c3ccccc32)c1. The van der Waals surface area contributed by atoms with E-state index in [1.165, 1.54) is 30.5 Å². The van der Waals surface area contributed by atoms with Gasteiger partial charge in [-0.3, -0.25) is 19.5 Å². The Morgan fingerprint density at radius 3 is 2.57 bits per heavy atom. The van der Waals surface area contributed by atoms with Gasteiger partial charge in [-0.2, -0.15) is 13.2 Å². The van der Waals surface area contributed by atoms with Crippen molar-refractivity contribution in [3.05, 3.63) is 53.9 Å². The number of anilines is 2. The van der Waals surface area contributed by atoms with Crippen molar-refractivity contribution in [1.29, 1.82) is 0 Å². The van der Waals surface area contributed by atoms with Crippen LogP contribution in [0.3, 0.4) is 0 Å². The quantitative estimate of drug-likeness (QED) is 0.862. The molecule has 0 bridgehead atoms. The Kier molecular flexibility index (Phi) is 3.22. The van der Waals surface area contributed by atoms with Crippen molar-refractivity contribution in [2.24, 2.45) is 0 Å². The maximum absolute atomic E-state index is 13.3. The third-order valence-corrected chi connectivity index (χ3v) is 3.60. The van der Waals surface area contributed by atoms with Gasteiger partial charge in [-0.25, -0.2) is 0 Å². The molecule has 1 aromatic carbocycles. The van der Waals surface area contributed by atoms with Crippen molar-refractivity contribution in [3.8, 4) is 0 Å². The minimum atomic E-state index is -5.19. The van der Waals surface area contributed by atoms with Gasteiger partial charge in [0.2, 0.25) is 0 Å². The summed E-state index contributed by atoms with van der Waals surface area (Å²) < 4.78 is 40.0. The molecule has 0 saturated heterocycles. The summed E-state index contributed by atoms with van der Waals surface area (Å²) in [5, 5.41) is 10.1. The van der Waals surface area contributed by atoms with Gasteiger partial charge in [0, 0.05) is 17.3 Å². The number of aromatic nitrogens is 1. The van der Waals surface area contributed by atoms with Crippen LogP contribution >= 0.6 is 0 Å². The summed E-state index contributed by atoms with van der Waals surface area (Å²) in [5.41, 5.74) is -4.25. The molecule has 23 heavy (non-hydrogen) atoms. The van der Waals surface area contributed by atoms with E-state index in [1.807, 2.05) is 0 Å². The molecule has 2 aromatic rings. The highest BCUT2D eigenvalue weighted by Gasteiger charge is 2.66. The average molecular weight is 322 g/mol. The summed E-state index contributed by atoms with van der Waals surface area (Å²) in [5.74, 6) is -1.56. The Labute approximate surface area is 128 Å². The summed E-state index contributed by atoms with van der Waals surface area (Å²) in [6.07, 6.45) is -2.38. The molecule has 0 saturated carbocycles. The van der Waals surface area contributed by atoms with Crippen molar-refractivity contribution in [3.63, 3.8) is 0 Å². The number of rotatable bonds is 2. The summed E-state index contributed by atoms with van der Waals surface area (Å²) in [4.78, 5) is 27.6. The number of carbonyl (C=O) groups is 2. The van der Waals surface area contributed by atoms with Crippen molar-refractivity contribution < 1.29 is 27.9 Å². The third-order valence-electron chi connectivity index (χ3n) is 3.60. The van der Waals surface area contributed by atoms with Gasteiger partial charge in [0.15, 0.2) is 6.29 Å². The van der Waals surface area contributed by atoms with Gasteiger partial charge in [-0.15, -0.1) is 0 Å². The number of aliphatic hydroxyl groups is 1. The van der Waals surface area contributed by atoms with Gasteiger partial charge in [0.05, 0.1) is 17.6 Å². The van der Waals surface area contributed by atoms with E-state index in [2.05, 4.69) is 4.98 Å². The van der Waals surface area contributed by atoms with Crippen LogP contribution in [0.2, 0.25) is 0 Å². The largest absolute Gasteiger partial charge is 0.430 e. The van der Waals surface area contributed by atoms with Crippen LogP contribution in [-0.2, 0) is 10.4 Å². The van der Waals surface area contributed by atoms with E-state index in [-0.39, 0.29) is 16.9 Å². The summed E-state index contributed by atoms with van der Waals surface area (Å²) in [7, 11) is 0. The lowest BCUT2D eigenvalue weighted by atomic mass is 9.95. The molecule has 3 rings (SSSR count). The molecular weight excluding hydrogens is 313 g/mol. The number of para-hydroxylation sites is 1. The number of nitrogens with zero attached hydrogens (tertiary/aromatic N) is 2. The van der Waals surface area contributed by atoms with E-state index >= 15 is 0 Å². The number of hydrogen-bond acceptors (Lipinski definition) is 4. The number of aldehydes is 1. The van der Waals surface area contributed by atoms with Gasteiger partial charge in [0.25, 0.3) is 11.5 Å². The Bertz CT molecular complexity index is 807. The first-order valence-electron chi connectivity index (χ1n) is 6.44. The van der Waals surface area contributed by atoms with Gasteiger partial charge in [0.1, 0.15) is 0 Å². The predicted octanol–water partition coefficient (Wildman–Crippen LogP) is 2.32. The Hall–Kier alpha value is -2.74. The van der Waals surface area contributed by atoms with Crippen LogP contribution in [-0.4, -0.2) is 28.5 Å². The van der Waals surface area contributed by atoms with E-state index in [0.717, 1.165) is 12.3 Å². The molecule has 1 aliphatic heterocycles. The number of pyridine rings is 1. The highest BCUT2D eigenvalue weighted by Crippen LogP contribution is 2.51. The summed E-state index contributed by atoms with van der Waals surface area (Å²) >= 11 is 0. The maximum atomic E-state index is 13.3. The number of fused-ring (bicyclic) bond motifs is 1. The average Bonchev–Trinajstić information content (AvgIpc) is 2.77. The van der Waals surface area contributed by atoms with Crippen LogP contribution < -0.4 is 4.90 Å².